The third-order valence-electron chi connectivity index (χ3n) is 14.6. The summed E-state index contributed by atoms with van der Waals surface area (Å²) in [5, 5.41) is 3.67. The minimum Gasteiger partial charge on any atom is -0.496 e. The number of nitrogens with zero attached hydrogens (tertiary/aromatic N) is 6. The predicted octanol–water partition coefficient (Wildman–Crippen LogP) is 5.16. The van der Waals surface area contributed by atoms with Gasteiger partial charge in [0, 0.05) is 112 Å². The molecule has 76 heavy (non-hydrogen) atoms. The fourth-order valence-corrected chi connectivity index (χ4v) is 11.9. The van der Waals surface area contributed by atoms with E-state index in [1.807, 2.05) is 41.3 Å². The number of benzene rings is 3. The molecule has 1 aromatic heterocycles. The number of methoxy groups -OCH3 is 1. The average molecular weight is 1090 g/mol. The summed E-state index contributed by atoms with van der Waals surface area (Å²) in [6.45, 7) is 12.8. The van der Waals surface area contributed by atoms with E-state index in [-0.39, 0.29) is 30.7 Å². The quantitative estimate of drug-likeness (QED) is 0.0468. The summed E-state index contributed by atoms with van der Waals surface area (Å²) in [7, 11) is -0.792. The maximum absolute atomic E-state index is 13.1. The van der Waals surface area contributed by atoms with Crippen LogP contribution in [0, 0.1) is 0 Å². The lowest BCUT2D eigenvalue weighted by Crippen LogP contribution is -2.54. The number of carbonyl (C=O) groups is 4. The van der Waals surface area contributed by atoms with Crippen LogP contribution in [0.3, 0.4) is 0 Å². The first-order valence-corrected chi connectivity index (χ1v) is 29.6. The van der Waals surface area contributed by atoms with Gasteiger partial charge in [-0.2, -0.15) is 0 Å². The molecule has 20 heteroatoms. The zero-order valence-corrected chi connectivity index (χ0v) is 45.8. The van der Waals surface area contributed by atoms with Gasteiger partial charge in [-0.05, 0) is 74.3 Å². The van der Waals surface area contributed by atoms with Gasteiger partial charge in [0.05, 0.1) is 70.7 Å². The SMILES string of the molecule is COc1cc(N2CCC(N3CCN(C(=O)COCCOCCOCCOCCOCCCc4cccc5c4CN(C4CCC(=O)NC4=O)C5=O)CC3)CC2)ccc1Cc1ncc(Cl)c(Cc2ccccc2P(C)(C)=O)n1. The Kier molecular flexibility index (Phi) is 20.8. The number of carbonyl (C=O) groups excluding carboxylic acids is 4. The van der Waals surface area contributed by atoms with Crippen LogP contribution < -0.4 is 20.3 Å². The number of ether oxygens (including phenoxy) is 6. The Morgan fingerprint density at radius 3 is 2.12 bits per heavy atom. The highest BCUT2D eigenvalue weighted by Gasteiger charge is 2.40. The van der Waals surface area contributed by atoms with Gasteiger partial charge in [-0.3, -0.25) is 29.4 Å². The van der Waals surface area contributed by atoms with E-state index in [1.54, 1.807) is 37.6 Å². The van der Waals surface area contributed by atoms with Crippen LogP contribution in [0.25, 0.3) is 0 Å². The van der Waals surface area contributed by atoms with Gasteiger partial charge in [0.25, 0.3) is 5.91 Å². The monoisotopic (exact) mass is 1090 g/mol. The molecule has 4 aliphatic heterocycles. The normalized spacial score (nSPS) is 17.6. The van der Waals surface area contributed by atoms with Crippen molar-refractivity contribution < 1.29 is 52.2 Å². The zero-order valence-electron chi connectivity index (χ0n) is 44.2. The van der Waals surface area contributed by atoms with Crippen LogP contribution in [0.1, 0.15) is 76.2 Å². The van der Waals surface area contributed by atoms with Crippen molar-refractivity contribution in [2.24, 2.45) is 0 Å². The van der Waals surface area contributed by atoms with E-state index >= 15 is 0 Å². The summed E-state index contributed by atoms with van der Waals surface area (Å²) in [5.74, 6) is 0.564. The summed E-state index contributed by atoms with van der Waals surface area (Å²) in [6.07, 6.45) is 6.77. The second kappa shape index (κ2) is 27.8. The molecule has 410 valence electrons. The van der Waals surface area contributed by atoms with Crippen molar-refractivity contribution in [3.05, 3.63) is 111 Å². The standard InChI is InChI=1S/C56H73ClN7O11P/c1-70-50-36-44(14-13-41(50)35-52-58-37-47(57)48(59-52)34-42-8-4-5-12-51(42)76(2,3)69)61-19-17-43(18-20-61)62-21-23-63(24-22-62)54(66)39-75-33-32-74-31-30-73-29-28-72-27-26-71-25-7-10-40-9-6-11-45-46(40)38-64(56(45)68)49-15-16-53(65)60-55(49)67/h4-6,8-9,11-14,36-37,43,49H,7,10,15-35,38-39H2,1-3H3,(H,60,65,67). The molecule has 5 heterocycles. The number of amides is 4. The minimum atomic E-state index is -2.48. The molecule has 18 nitrogen and oxygen atoms in total. The summed E-state index contributed by atoms with van der Waals surface area (Å²) in [4.78, 5) is 67.8. The number of aromatic nitrogens is 2. The first-order chi connectivity index (χ1) is 36.9. The van der Waals surface area contributed by atoms with Gasteiger partial charge in [-0.15, -0.1) is 0 Å². The maximum atomic E-state index is 13.1. The molecule has 0 bridgehead atoms. The highest BCUT2D eigenvalue weighted by Crippen LogP contribution is 2.37. The molecular weight excluding hydrogens is 1010 g/mol. The van der Waals surface area contributed by atoms with Crippen LogP contribution in [0.2, 0.25) is 5.02 Å². The summed E-state index contributed by atoms with van der Waals surface area (Å²) < 4.78 is 47.1. The summed E-state index contributed by atoms with van der Waals surface area (Å²) >= 11 is 6.58. The van der Waals surface area contributed by atoms with Crippen LogP contribution in [0.4, 0.5) is 5.69 Å². The highest BCUT2D eigenvalue weighted by molar-refractivity contribution is 7.70. The Morgan fingerprint density at radius 2 is 1.43 bits per heavy atom. The molecule has 1 atom stereocenters. The fraction of sp³-hybridized carbons (Fsp3) is 0.536. The minimum absolute atomic E-state index is 0.00543. The molecule has 4 aliphatic rings. The van der Waals surface area contributed by atoms with Gasteiger partial charge < -0.3 is 47.7 Å². The Morgan fingerprint density at radius 1 is 0.763 bits per heavy atom. The van der Waals surface area contributed by atoms with Crippen molar-refractivity contribution in [2.45, 2.75) is 70.0 Å². The molecule has 0 spiro atoms. The van der Waals surface area contributed by atoms with Crippen LogP contribution in [0.15, 0.2) is 66.9 Å². The first kappa shape index (κ1) is 56.9. The zero-order chi connectivity index (χ0) is 53.4. The number of fused-ring (bicyclic) bond motifs is 1. The number of halogens is 1. The number of aryl methyl sites for hydroxylation is 1. The Labute approximate surface area is 451 Å². The van der Waals surface area contributed by atoms with E-state index in [2.05, 4.69) is 38.3 Å². The molecule has 0 saturated carbocycles. The maximum Gasteiger partial charge on any atom is 0.255 e. The van der Waals surface area contributed by atoms with Crippen molar-refractivity contribution in [1.82, 2.24) is 30.0 Å². The number of piperazine rings is 1. The molecule has 3 aromatic carbocycles. The molecule has 0 radical (unpaired) electrons. The van der Waals surface area contributed by atoms with Crippen LogP contribution in [0.5, 0.6) is 5.75 Å². The van der Waals surface area contributed by atoms with Crippen LogP contribution in [-0.4, -0.2) is 186 Å². The summed E-state index contributed by atoms with van der Waals surface area (Å²) in [5.41, 5.74) is 6.40. The summed E-state index contributed by atoms with van der Waals surface area (Å²) in [6, 6.07) is 19.6. The van der Waals surface area contributed by atoms with E-state index < -0.39 is 19.1 Å². The van der Waals surface area contributed by atoms with E-state index in [1.165, 1.54) is 0 Å². The fourth-order valence-electron chi connectivity index (χ4n) is 10.5. The van der Waals surface area contributed by atoms with E-state index in [4.69, 9.17) is 45.0 Å². The molecule has 4 amide bonds. The van der Waals surface area contributed by atoms with Gasteiger partial charge in [-0.25, -0.2) is 9.97 Å². The molecule has 0 aliphatic carbocycles. The second-order valence-corrected chi connectivity index (χ2v) is 23.6. The molecule has 4 aromatic rings. The number of nitrogens with one attached hydrogen (secondary N) is 1. The van der Waals surface area contributed by atoms with Gasteiger partial charge in [-0.1, -0.05) is 54.1 Å². The second-order valence-electron chi connectivity index (χ2n) is 20.0. The molecule has 3 fully saturated rings. The molecule has 1 N–H and O–H groups in total. The van der Waals surface area contributed by atoms with Gasteiger partial charge in [0.2, 0.25) is 17.7 Å². The Balaban J connectivity index is 0.623. The Bertz CT molecular complexity index is 2680. The topological polar surface area (TPSA) is 192 Å². The predicted molar refractivity (Wildman–Crippen MR) is 289 cm³/mol. The van der Waals surface area contributed by atoms with Crippen molar-refractivity contribution in [3.8, 4) is 5.75 Å². The third kappa shape index (κ3) is 15.5. The van der Waals surface area contributed by atoms with E-state index in [0.717, 1.165) is 90.9 Å². The number of imide groups is 1. The van der Waals surface area contributed by atoms with Crippen LogP contribution in [-0.2, 0) is 68.4 Å². The third-order valence-corrected chi connectivity index (χ3v) is 16.5. The van der Waals surface area contributed by atoms with Gasteiger partial charge in [0.1, 0.15) is 31.4 Å². The number of anilines is 1. The number of piperidine rings is 2. The van der Waals surface area contributed by atoms with E-state index in [0.29, 0.717) is 127 Å². The molecule has 1 unspecified atom stereocenters. The number of hydrogen-bond acceptors (Lipinski definition) is 15. The lowest BCUT2D eigenvalue weighted by molar-refractivity contribution is -0.139. The Hall–Kier alpha value is -5.30. The molecular formula is C56H73ClN7O11P. The van der Waals surface area contributed by atoms with Crippen LogP contribution >= 0.6 is 18.7 Å². The van der Waals surface area contributed by atoms with Crippen molar-refractivity contribution in [1.29, 1.82) is 0 Å². The number of hydrogen-bond donors (Lipinski definition) is 1. The molecule has 8 rings (SSSR count). The van der Waals surface area contributed by atoms with Crippen molar-refractivity contribution >= 4 is 53.4 Å². The first-order valence-electron chi connectivity index (χ1n) is 26.6. The number of rotatable bonds is 27. The van der Waals surface area contributed by atoms with Crippen molar-refractivity contribution in [3.63, 3.8) is 0 Å². The van der Waals surface area contributed by atoms with Gasteiger partial charge >= 0.3 is 0 Å². The highest BCUT2D eigenvalue weighted by atomic mass is 35.5. The smallest absolute Gasteiger partial charge is 0.255 e. The lowest BCUT2D eigenvalue weighted by Gasteiger charge is -2.43. The largest absolute Gasteiger partial charge is 0.496 e. The van der Waals surface area contributed by atoms with Gasteiger partial charge in [0.15, 0.2) is 0 Å². The lowest BCUT2D eigenvalue weighted by atomic mass is 10.00. The van der Waals surface area contributed by atoms with E-state index in [9.17, 15) is 23.7 Å². The molecule has 3 saturated heterocycles. The van der Waals surface area contributed by atoms with Crippen molar-refractivity contribution in [2.75, 3.05) is 131 Å². The average Bonchev–Trinajstić information content (AvgIpc) is 3.77.